The van der Waals surface area contributed by atoms with E-state index in [1.807, 2.05) is 17.7 Å². The highest BCUT2D eigenvalue weighted by Gasteiger charge is 2.23. The highest BCUT2D eigenvalue weighted by atomic mass is 19.1. The summed E-state index contributed by atoms with van der Waals surface area (Å²) >= 11 is 0. The van der Waals surface area contributed by atoms with Crippen molar-refractivity contribution < 1.29 is 4.39 Å². The van der Waals surface area contributed by atoms with Crippen LogP contribution in [0.1, 0.15) is 18.5 Å². The zero-order chi connectivity index (χ0) is 16.5. The number of para-hydroxylation sites is 1. The number of aromatic nitrogens is 4. The number of hydrogen-bond donors (Lipinski definition) is 0. The van der Waals surface area contributed by atoms with Crippen molar-refractivity contribution in [3.63, 3.8) is 0 Å². The van der Waals surface area contributed by atoms with E-state index in [2.05, 4.69) is 26.0 Å². The molecule has 124 valence electrons. The summed E-state index contributed by atoms with van der Waals surface area (Å²) in [5.41, 5.74) is 2.40. The number of halogens is 1. The average molecular weight is 325 g/mol. The maximum absolute atomic E-state index is 14.1. The average Bonchev–Trinajstić information content (AvgIpc) is 3.08. The van der Waals surface area contributed by atoms with E-state index in [4.69, 9.17) is 0 Å². The molecule has 0 spiro atoms. The molecule has 1 unspecified atom stereocenters. The molecule has 1 aliphatic rings. The zero-order valence-electron chi connectivity index (χ0n) is 13.7. The van der Waals surface area contributed by atoms with Crippen LogP contribution >= 0.6 is 0 Å². The number of anilines is 1. The lowest BCUT2D eigenvalue weighted by Crippen LogP contribution is -2.37. The fraction of sp³-hybridized carbons (Fsp3) is 0.389. The first-order valence-electron chi connectivity index (χ1n) is 8.34. The van der Waals surface area contributed by atoms with Crippen LogP contribution in [-0.2, 0) is 6.54 Å². The molecule has 0 saturated carbocycles. The Kier molecular flexibility index (Phi) is 3.88. The molecule has 0 amide bonds. The zero-order valence-corrected chi connectivity index (χ0v) is 13.7. The number of piperidine rings is 1. The summed E-state index contributed by atoms with van der Waals surface area (Å²) in [7, 11) is 0. The SMILES string of the molecule is Cc1cc(N2CCCC(Cn3cncn3)C2)c2cccc(F)c2n1. The molecule has 4 rings (SSSR count). The minimum atomic E-state index is -0.256. The Hall–Kier alpha value is -2.50. The van der Waals surface area contributed by atoms with Gasteiger partial charge in [-0.05, 0) is 37.8 Å². The van der Waals surface area contributed by atoms with Crippen molar-refractivity contribution in [1.82, 2.24) is 19.7 Å². The number of nitrogens with zero attached hydrogens (tertiary/aromatic N) is 5. The lowest BCUT2D eigenvalue weighted by molar-refractivity contribution is 0.352. The topological polar surface area (TPSA) is 46.8 Å². The number of benzene rings is 1. The van der Waals surface area contributed by atoms with Gasteiger partial charge in [-0.25, -0.2) is 14.4 Å². The minimum Gasteiger partial charge on any atom is -0.371 e. The van der Waals surface area contributed by atoms with E-state index >= 15 is 0 Å². The Morgan fingerprint density at radius 3 is 3.08 bits per heavy atom. The number of hydrogen-bond acceptors (Lipinski definition) is 4. The van der Waals surface area contributed by atoms with E-state index < -0.39 is 0 Å². The van der Waals surface area contributed by atoms with Crippen LogP contribution in [-0.4, -0.2) is 32.8 Å². The van der Waals surface area contributed by atoms with E-state index in [1.54, 1.807) is 18.7 Å². The Labute approximate surface area is 140 Å². The first-order valence-corrected chi connectivity index (χ1v) is 8.34. The molecule has 1 atom stereocenters. The van der Waals surface area contributed by atoms with Gasteiger partial charge in [-0.15, -0.1) is 0 Å². The maximum Gasteiger partial charge on any atom is 0.149 e. The molecule has 1 aliphatic heterocycles. The van der Waals surface area contributed by atoms with Gasteiger partial charge in [0.2, 0.25) is 0 Å². The second-order valence-corrected chi connectivity index (χ2v) is 6.49. The van der Waals surface area contributed by atoms with Crippen LogP contribution in [0.4, 0.5) is 10.1 Å². The van der Waals surface area contributed by atoms with E-state index in [0.29, 0.717) is 11.4 Å². The minimum absolute atomic E-state index is 0.256. The molecule has 3 aromatic rings. The maximum atomic E-state index is 14.1. The molecule has 1 aromatic carbocycles. The van der Waals surface area contributed by atoms with Gasteiger partial charge in [-0.3, -0.25) is 4.68 Å². The molecule has 0 aliphatic carbocycles. The summed E-state index contributed by atoms with van der Waals surface area (Å²) in [6, 6.07) is 7.26. The molecule has 2 aromatic heterocycles. The number of aryl methyl sites for hydroxylation is 1. The van der Waals surface area contributed by atoms with Crippen LogP contribution in [0.5, 0.6) is 0 Å². The van der Waals surface area contributed by atoms with Crippen LogP contribution in [0.2, 0.25) is 0 Å². The van der Waals surface area contributed by atoms with Crippen molar-refractivity contribution in [2.75, 3.05) is 18.0 Å². The van der Waals surface area contributed by atoms with Gasteiger partial charge in [0.05, 0.1) is 0 Å². The largest absolute Gasteiger partial charge is 0.371 e. The quantitative estimate of drug-likeness (QED) is 0.742. The van der Waals surface area contributed by atoms with E-state index in [-0.39, 0.29) is 5.82 Å². The van der Waals surface area contributed by atoms with Gasteiger partial charge >= 0.3 is 0 Å². The first-order chi connectivity index (χ1) is 11.7. The molecule has 0 N–H and O–H groups in total. The highest BCUT2D eigenvalue weighted by Crippen LogP contribution is 2.31. The van der Waals surface area contributed by atoms with Gasteiger partial charge < -0.3 is 4.90 Å². The molecule has 0 radical (unpaired) electrons. The molecule has 0 bridgehead atoms. The monoisotopic (exact) mass is 325 g/mol. The fourth-order valence-electron chi connectivity index (χ4n) is 3.61. The Bertz CT molecular complexity index is 846. The summed E-state index contributed by atoms with van der Waals surface area (Å²) < 4.78 is 16.0. The number of fused-ring (bicyclic) bond motifs is 1. The number of rotatable bonds is 3. The molecule has 6 heteroatoms. The molecule has 1 saturated heterocycles. The van der Waals surface area contributed by atoms with Gasteiger partial charge in [0.1, 0.15) is 24.0 Å². The first kappa shape index (κ1) is 15.1. The smallest absolute Gasteiger partial charge is 0.149 e. The predicted octanol–water partition coefficient (Wildman–Crippen LogP) is 3.19. The summed E-state index contributed by atoms with van der Waals surface area (Å²) in [4.78, 5) is 10.8. The van der Waals surface area contributed by atoms with Crippen molar-refractivity contribution in [3.05, 3.63) is 48.4 Å². The van der Waals surface area contributed by atoms with Crippen molar-refractivity contribution in [3.8, 4) is 0 Å². The standard InChI is InChI=1S/C18H20FN5/c1-13-8-17(15-5-2-6-16(19)18(15)22-13)23-7-3-4-14(9-23)10-24-12-20-11-21-24/h2,5-6,8,11-12,14H,3-4,7,9-10H2,1H3. The predicted molar refractivity (Wildman–Crippen MR) is 91.4 cm³/mol. The second kappa shape index (κ2) is 6.19. The Morgan fingerprint density at radius 1 is 1.33 bits per heavy atom. The van der Waals surface area contributed by atoms with Crippen LogP contribution in [0, 0.1) is 18.7 Å². The summed E-state index contributed by atoms with van der Waals surface area (Å²) in [5, 5.41) is 5.10. The van der Waals surface area contributed by atoms with Gasteiger partial charge in [0.15, 0.2) is 0 Å². The van der Waals surface area contributed by atoms with Gasteiger partial charge in [-0.1, -0.05) is 12.1 Å². The number of pyridine rings is 1. The third kappa shape index (κ3) is 2.84. The van der Waals surface area contributed by atoms with E-state index in [0.717, 1.165) is 42.8 Å². The lowest BCUT2D eigenvalue weighted by atomic mass is 9.97. The molecule has 1 fully saturated rings. The lowest BCUT2D eigenvalue weighted by Gasteiger charge is -2.35. The summed E-state index contributed by atoms with van der Waals surface area (Å²) in [5.74, 6) is 0.256. The van der Waals surface area contributed by atoms with Crippen molar-refractivity contribution in [2.45, 2.75) is 26.3 Å². The van der Waals surface area contributed by atoms with Gasteiger partial charge in [0, 0.05) is 36.4 Å². The van der Waals surface area contributed by atoms with Gasteiger partial charge in [0.25, 0.3) is 0 Å². The highest BCUT2D eigenvalue weighted by molar-refractivity contribution is 5.92. The van der Waals surface area contributed by atoms with Crippen LogP contribution in [0.15, 0.2) is 36.9 Å². The Balaban J connectivity index is 1.65. The molecule has 24 heavy (non-hydrogen) atoms. The molecular formula is C18H20FN5. The second-order valence-electron chi connectivity index (χ2n) is 6.49. The third-order valence-corrected chi connectivity index (χ3v) is 4.67. The van der Waals surface area contributed by atoms with E-state index in [9.17, 15) is 4.39 Å². The van der Waals surface area contributed by atoms with Crippen molar-refractivity contribution in [2.24, 2.45) is 5.92 Å². The normalized spacial score (nSPS) is 18.2. The Morgan fingerprint density at radius 2 is 2.25 bits per heavy atom. The van der Waals surface area contributed by atoms with Crippen LogP contribution in [0.3, 0.4) is 0 Å². The third-order valence-electron chi connectivity index (χ3n) is 4.67. The van der Waals surface area contributed by atoms with Gasteiger partial charge in [-0.2, -0.15) is 5.10 Å². The van der Waals surface area contributed by atoms with E-state index in [1.165, 1.54) is 12.5 Å². The summed E-state index contributed by atoms with van der Waals surface area (Å²) in [6.45, 7) is 4.72. The molecule has 3 heterocycles. The summed E-state index contributed by atoms with van der Waals surface area (Å²) in [6.07, 6.45) is 5.63. The fourth-order valence-corrected chi connectivity index (χ4v) is 3.61. The van der Waals surface area contributed by atoms with Crippen molar-refractivity contribution >= 4 is 16.6 Å². The van der Waals surface area contributed by atoms with Crippen LogP contribution in [0.25, 0.3) is 10.9 Å². The molecule has 5 nitrogen and oxygen atoms in total. The molecular weight excluding hydrogens is 305 g/mol. The van der Waals surface area contributed by atoms with Crippen LogP contribution < -0.4 is 4.90 Å². The van der Waals surface area contributed by atoms with Crippen molar-refractivity contribution in [1.29, 1.82) is 0 Å².